The van der Waals surface area contributed by atoms with Crippen LogP contribution >= 0.6 is 0 Å². The van der Waals surface area contributed by atoms with E-state index in [4.69, 9.17) is 10.5 Å². The summed E-state index contributed by atoms with van der Waals surface area (Å²) < 4.78 is 34.9. The molecule has 0 aliphatic carbocycles. The number of nitrogens with two attached hydrogens (primary N) is 1. The minimum Gasteiger partial charge on any atom is -0.493 e. The fourth-order valence-corrected chi connectivity index (χ4v) is 5.32. The van der Waals surface area contributed by atoms with Gasteiger partial charge >= 0.3 is 0 Å². The number of likely N-dealkylation sites (tertiary alicyclic amines) is 2. The number of rotatable bonds is 8. The normalized spacial score (nSPS) is 19.6. The molecule has 200 valence electrons. The average Bonchev–Trinajstić information content (AvgIpc) is 2.87. The number of alkyl halides is 1. The number of halogens is 2. The molecule has 0 radical (unpaired) electrons. The lowest BCUT2D eigenvalue weighted by Gasteiger charge is -2.34. The van der Waals surface area contributed by atoms with Crippen LogP contribution < -0.4 is 10.5 Å². The molecule has 2 aliphatic rings. The lowest BCUT2D eigenvalue weighted by atomic mass is 9.94. The van der Waals surface area contributed by atoms with E-state index in [0.29, 0.717) is 55.3 Å². The van der Waals surface area contributed by atoms with Crippen molar-refractivity contribution in [2.24, 2.45) is 17.6 Å². The molecule has 2 aliphatic heterocycles. The monoisotopic (exact) mass is 513 g/mol. The van der Waals surface area contributed by atoms with Gasteiger partial charge in [0.25, 0.3) is 5.91 Å². The highest BCUT2D eigenvalue weighted by Gasteiger charge is 2.30. The largest absolute Gasteiger partial charge is 0.493 e. The molecule has 8 heteroatoms. The third-order valence-corrected chi connectivity index (χ3v) is 7.30. The van der Waals surface area contributed by atoms with E-state index in [1.54, 1.807) is 26.0 Å². The molecule has 0 bridgehead atoms. The summed E-state index contributed by atoms with van der Waals surface area (Å²) in [6.45, 7) is 6.68. The first-order valence-corrected chi connectivity index (χ1v) is 13.1. The van der Waals surface area contributed by atoms with Crippen LogP contribution in [0, 0.1) is 17.7 Å². The van der Waals surface area contributed by atoms with Crippen molar-refractivity contribution in [1.82, 2.24) is 9.80 Å². The molecule has 6 nitrogen and oxygen atoms in total. The summed E-state index contributed by atoms with van der Waals surface area (Å²) in [6.07, 6.45) is 3.23. The average molecular weight is 514 g/mol. The lowest BCUT2D eigenvalue weighted by Crippen LogP contribution is -2.44. The Morgan fingerprint density at radius 3 is 2.41 bits per heavy atom. The van der Waals surface area contributed by atoms with Crippen molar-refractivity contribution in [2.45, 2.75) is 45.2 Å². The number of amides is 2. The minimum absolute atomic E-state index is 0.00417. The molecule has 0 spiro atoms. The zero-order valence-electron chi connectivity index (χ0n) is 21.7. The second-order valence-corrected chi connectivity index (χ2v) is 10.9. The summed E-state index contributed by atoms with van der Waals surface area (Å²) in [5.41, 5.74) is 5.49. The van der Waals surface area contributed by atoms with Crippen LogP contribution in [0.1, 0.15) is 49.9 Å². The number of ether oxygens (including phenoxy) is 1. The summed E-state index contributed by atoms with van der Waals surface area (Å²) in [6, 6.07) is 11.9. The maximum Gasteiger partial charge on any atom is 0.257 e. The first kappa shape index (κ1) is 27.0. The minimum atomic E-state index is -1.18. The summed E-state index contributed by atoms with van der Waals surface area (Å²) in [5, 5.41) is 0. The van der Waals surface area contributed by atoms with Gasteiger partial charge in [-0.15, -0.1) is 0 Å². The van der Waals surface area contributed by atoms with Gasteiger partial charge in [0.2, 0.25) is 5.91 Å². The van der Waals surface area contributed by atoms with Crippen molar-refractivity contribution < 1.29 is 23.1 Å². The van der Waals surface area contributed by atoms with Gasteiger partial charge in [0.15, 0.2) is 0 Å². The number of carbonyl (C=O) groups is 2. The number of hydrogen-bond donors (Lipinski definition) is 1. The molecule has 2 amide bonds. The molecule has 0 unspecified atom stereocenters. The number of nitrogens with zero attached hydrogens (tertiary/aromatic N) is 2. The molecule has 2 aromatic rings. The molecule has 2 fully saturated rings. The Morgan fingerprint density at radius 2 is 1.76 bits per heavy atom. The predicted octanol–water partition coefficient (Wildman–Crippen LogP) is 4.67. The zero-order valence-corrected chi connectivity index (χ0v) is 21.7. The summed E-state index contributed by atoms with van der Waals surface area (Å²) in [4.78, 5) is 28.7. The van der Waals surface area contributed by atoms with E-state index < -0.39 is 29.2 Å². The van der Waals surface area contributed by atoms with E-state index in [0.717, 1.165) is 25.9 Å². The van der Waals surface area contributed by atoms with Crippen molar-refractivity contribution in [3.63, 3.8) is 0 Å². The van der Waals surface area contributed by atoms with Crippen LogP contribution in [0.5, 0.6) is 5.75 Å². The van der Waals surface area contributed by atoms with Gasteiger partial charge in [-0.1, -0.05) is 24.3 Å². The standard InChI is InChI=1S/C29H37F2N3O3/c1-29(2,31)19-33-15-12-20(13-16-33)18-37-23-10-8-21(9-11-23)24-6-3-7-25(30)26(24)28(36)34-14-4-5-22(17-34)27(32)35/h3,6-11,20,22H,4-5,12-19H2,1-2H3,(H2,32,35)/t22-/m1/s1. The molecular formula is C29H37F2N3O3. The number of carbonyl (C=O) groups excluding carboxylic acids is 2. The molecule has 4 rings (SSSR count). The maximum absolute atomic E-state index is 14.9. The van der Waals surface area contributed by atoms with Gasteiger partial charge in [-0.3, -0.25) is 9.59 Å². The molecular weight excluding hydrogens is 476 g/mol. The van der Waals surface area contributed by atoms with Gasteiger partial charge < -0.3 is 20.3 Å². The number of hydrogen-bond acceptors (Lipinski definition) is 4. The molecule has 1 atom stereocenters. The van der Waals surface area contributed by atoms with E-state index in [2.05, 4.69) is 4.90 Å². The van der Waals surface area contributed by atoms with Crippen molar-refractivity contribution in [3.05, 3.63) is 53.8 Å². The Balaban J connectivity index is 1.39. The van der Waals surface area contributed by atoms with Gasteiger partial charge in [0.1, 0.15) is 17.2 Å². The molecule has 2 saturated heterocycles. The third-order valence-electron chi connectivity index (χ3n) is 7.30. The van der Waals surface area contributed by atoms with Gasteiger partial charge in [-0.2, -0.15) is 0 Å². The van der Waals surface area contributed by atoms with E-state index in [1.165, 1.54) is 11.0 Å². The second kappa shape index (κ2) is 11.6. The molecule has 2 aromatic carbocycles. The van der Waals surface area contributed by atoms with Crippen molar-refractivity contribution in [3.8, 4) is 16.9 Å². The molecule has 2 N–H and O–H groups in total. The third kappa shape index (κ3) is 7.06. The summed E-state index contributed by atoms with van der Waals surface area (Å²) in [7, 11) is 0. The summed E-state index contributed by atoms with van der Waals surface area (Å²) >= 11 is 0. The van der Waals surface area contributed by atoms with Crippen LogP contribution in [-0.2, 0) is 4.79 Å². The smallest absolute Gasteiger partial charge is 0.257 e. The van der Waals surface area contributed by atoms with Gasteiger partial charge in [-0.05, 0) is 87.9 Å². The van der Waals surface area contributed by atoms with E-state index >= 15 is 0 Å². The van der Waals surface area contributed by atoms with Crippen molar-refractivity contribution in [1.29, 1.82) is 0 Å². The Morgan fingerprint density at radius 1 is 1.05 bits per heavy atom. The number of benzene rings is 2. The number of piperidine rings is 2. The van der Waals surface area contributed by atoms with Crippen molar-refractivity contribution in [2.75, 3.05) is 39.3 Å². The van der Waals surface area contributed by atoms with Gasteiger partial charge in [0, 0.05) is 19.6 Å². The van der Waals surface area contributed by atoms with Crippen LogP contribution in [0.3, 0.4) is 0 Å². The maximum atomic E-state index is 14.9. The van der Waals surface area contributed by atoms with E-state index in [-0.39, 0.29) is 12.1 Å². The Bertz CT molecular complexity index is 1090. The van der Waals surface area contributed by atoms with Crippen LogP contribution in [0.4, 0.5) is 8.78 Å². The Hall–Kier alpha value is -3.00. The fourth-order valence-electron chi connectivity index (χ4n) is 5.32. The van der Waals surface area contributed by atoms with E-state index in [1.807, 2.05) is 24.3 Å². The van der Waals surface area contributed by atoms with Crippen LogP contribution in [-0.4, -0.2) is 66.6 Å². The summed E-state index contributed by atoms with van der Waals surface area (Å²) in [5.74, 6) is -0.739. The highest BCUT2D eigenvalue weighted by molar-refractivity contribution is 6.01. The van der Waals surface area contributed by atoms with Gasteiger partial charge in [0.05, 0.1) is 18.1 Å². The highest BCUT2D eigenvalue weighted by atomic mass is 19.1. The van der Waals surface area contributed by atoms with Crippen LogP contribution in [0.15, 0.2) is 42.5 Å². The topological polar surface area (TPSA) is 75.9 Å². The second-order valence-electron chi connectivity index (χ2n) is 10.9. The molecule has 0 saturated carbocycles. The highest BCUT2D eigenvalue weighted by Crippen LogP contribution is 2.30. The molecule has 0 aromatic heterocycles. The number of primary amides is 1. The van der Waals surface area contributed by atoms with Crippen molar-refractivity contribution >= 4 is 11.8 Å². The quantitative estimate of drug-likeness (QED) is 0.557. The Labute approximate surface area is 217 Å². The van der Waals surface area contributed by atoms with Crippen LogP contribution in [0.25, 0.3) is 11.1 Å². The SMILES string of the molecule is CC(C)(F)CN1CCC(COc2ccc(-c3cccc(F)c3C(=O)N3CCC[C@@H](C(N)=O)C3)cc2)CC1. The Kier molecular flexibility index (Phi) is 8.47. The zero-order chi connectivity index (χ0) is 26.6. The lowest BCUT2D eigenvalue weighted by molar-refractivity contribution is -0.123. The first-order chi connectivity index (χ1) is 17.6. The van der Waals surface area contributed by atoms with E-state index in [9.17, 15) is 18.4 Å². The van der Waals surface area contributed by atoms with Crippen LogP contribution in [0.2, 0.25) is 0 Å². The van der Waals surface area contributed by atoms with Gasteiger partial charge in [-0.25, -0.2) is 8.78 Å². The predicted molar refractivity (Wildman–Crippen MR) is 140 cm³/mol. The molecule has 37 heavy (non-hydrogen) atoms. The first-order valence-electron chi connectivity index (χ1n) is 13.1. The fraction of sp³-hybridized carbons (Fsp3) is 0.517. The molecule has 2 heterocycles.